The van der Waals surface area contributed by atoms with Gasteiger partial charge in [-0.25, -0.2) is 5.14 Å². The second-order valence-corrected chi connectivity index (χ2v) is 4.90. The summed E-state index contributed by atoms with van der Waals surface area (Å²) in [6.07, 6.45) is 0.0681. The minimum Gasteiger partial charge on any atom is -0.392 e. The number of hydrogen-bond donors (Lipinski definition) is 2. The first kappa shape index (κ1) is 9.91. The Kier molecular flexibility index (Phi) is 2.72. The largest absolute Gasteiger partial charge is 0.392 e. The number of piperidine rings is 1. The second-order valence-electron chi connectivity index (χ2n) is 3.36. The number of aliphatic hydroxyl groups is 1. The summed E-state index contributed by atoms with van der Waals surface area (Å²) in [6.45, 7) is 2.43. The van der Waals surface area contributed by atoms with Crippen molar-refractivity contribution in [3.8, 4) is 0 Å². The number of nitrogens with two attached hydrogens (primary N) is 1. The van der Waals surface area contributed by atoms with Gasteiger partial charge in [0.05, 0.1) is 6.10 Å². The highest BCUT2D eigenvalue weighted by Gasteiger charge is 2.28. The van der Waals surface area contributed by atoms with E-state index in [2.05, 4.69) is 0 Å². The zero-order chi connectivity index (χ0) is 9.35. The van der Waals surface area contributed by atoms with E-state index >= 15 is 0 Å². The Morgan fingerprint density at radius 3 is 2.50 bits per heavy atom. The van der Waals surface area contributed by atoms with Crippen LogP contribution in [-0.2, 0) is 10.2 Å². The molecule has 1 saturated heterocycles. The van der Waals surface area contributed by atoms with E-state index in [1.54, 1.807) is 0 Å². The van der Waals surface area contributed by atoms with Crippen molar-refractivity contribution in [2.45, 2.75) is 19.4 Å². The lowest BCUT2D eigenvalue weighted by molar-refractivity contribution is 0.0821. The van der Waals surface area contributed by atoms with Gasteiger partial charge in [0.1, 0.15) is 0 Å². The van der Waals surface area contributed by atoms with Gasteiger partial charge >= 0.3 is 0 Å². The summed E-state index contributed by atoms with van der Waals surface area (Å²) in [4.78, 5) is 0. The summed E-state index contributed by atoms with van der Waals surface area (Å²) in [6, 6.07) is 0. The Morgan fingerprint density at radius 1 is 1.50 bits per heavy atom. The maximum Gasteiger partial charge on any atom is 0.276 e. The van der Waals surface area contributed by atoms with Crippen molar-refractivity contribution in [3.63, 3.8) is 0 Å². The van der Waals surface area contributed by atoms with E-state index in [0.717, 1.165) is 4.31 Å². The van der Waals surface area contributed by atoms with Gasteiger partial charge in [0.2, 0.25) is 0 Å². The van der Waals surface area contributed by atoms with Gasteiger partial charge in [-0.05, 0) is 12.3 Å². The van der Waals surface area contributed by atoms with E-state index in [1.807, 2.05) is 6.92 Å². The van der Waals surface area contributed by atoms with Crippen LogP contribution in [0.4, 0.5) is 0 Å². The molecule has 0 saturated carbocycles. The molecule has 1 rings (SSSR count). The summed E-state index contributed by atoms with van der Waals surface area (Å²) in [7, 11) is -3.62. The average molecular weight is 194 g/mol. The molecule has 3 N–H and O–H groups in total. The van der Waals surface area contributed by atoms with E-state index in [-0.39, 0.29) is 12.5 Å². The number of rotatable bonds is 1. The predicted octanol–water partition coefficient (Wildman–Crippen LogP) is -1.11. The molecule has 0 aromatic heterocycles. The molecule has 0 unspecified atom stereocenters. The summed E-state index contributed by atoms with van der Waals surface area (Å²) in [5, 5.41) is 14.2. The van der Waals surface area contributed by atoms with Crippen molar-refractivity contribution in [2.24, 2.45) is 11.1 Å². The highest BCUT2D eigenvalue weighted by Crippen LogP contribution is 2.17. The lowest BCUT2D eigenvalue weighted by atomic mass is 10.0. The molecule has 6 heteroatoms. The topological polar surface area (TPSA) is 83.6 Å². The van der Waals surface area contributed by atoms with Crippen LogP contribution < -0.4 is 5.14 Å². The Balaban J connectivity index is 2.68. The molecule has 1 aliphatic heterocycles. The first-order valence-corrected chi connectivity index (χ1v) is 5.36. The molecule has 2 atom stereocenters. The van der Waals surface area contributed by atoms with E-state index in [4.69, 9.17) is 5.14 Å². The van der Waals surface area contributed by atoms with Gasteiger partial charge in [-0.1, -0.05) is 6.92 Å². The second kappa shape index (κ2) is 3.29. The van der Waals surface area contributed by atoms with E-state index < -0.39 is 16.3 Å². The molecule has 0 aromatic rings. The molecule has 0 radical (unpaired) electrons. The molecule has 0 bridgehead atoms. The van der Waals surface area contributed by atoms with Gasteiger partial charge in [0.25, 0.3) is 10.2 Å². The molecule has 72 valence electrons. The van der Waals surface area contributed by atoms with Crippen molar-refractivity contribution >= 4 is 10.2 Å². The highest BCUT2D eigenvalue weighted by atomic mass is 32.2. The molecule has 0 aliphatic carbocycles. The fraction of sp³-hybridized carbons (Fsp3) is 1.00. The minimum absolute atomic E-state index is 0.128. The first-order chi connectivity index (χ1) is 5.39. The van der Waals surface area contributed by atoms with E-state index in [0.29, 0.717) is 13.0 Å². The summed E-state index contributed by atoms with van der Waals surface area (Å²) < 4.78 is 22.9. The van der Waals surface area contributed by atoms with Gasteiger partial charge in [0.15, 0.2) is 0 Å². The zero-order valence-corrected chi connectivity index (χ0v) is 7.79. The molecule has 0 spiro atoms. The van der Waals surface area contributed by atoms with Gasteiger partial charge in [-0.2, -0.15) is 12.7 Å². The quantitative estimate of drug-likeness (QED) is 0.555. The highest BCUT2D eigenvalue weighted by molar-refractivity contribution is 7.86. The van der Waals surface area contributed by atoms with Crippen LogP contribution in [0.15, 0.2) is 0 Å². The Bertz CT molecular complexity index is 242. The monoisotopic (exact) mass is 194 g/mol. The van der Waals surface area contributed by atoms with Crippen LogP contribution in [0, 0.1) is 5.92 Å². The molecule has 12 heavy (non-hydrogen) atoms. The summed E-state index contributed by atoms with van der Waals surface area (Å²) >= 11 is 0. The van der Waals surface area contributed by atoms with Crippen LogP contribution in [0.1, 0.15) is 13.3 Å². The van der Waals surface area contributed by atoms with Crippen LogP contribution in [0.2, 0.25) is 0 Å². The third kappa shape index (κ3) is 2.41. The molecule has 5 nitrogen and oxygen atoms in total. The fourth-order valence-corrected chi connectivity index (χ4v) is 2.32. The van der Waals surface area contributed by atoms with Crippen LogP contribution in [0.5, 0.6) is 0 Å². The predicted molar refractivity (Wildman–Crippen MR) is 44.5 cm³/mol. The van der Waals surface area contributed by atoms with Crippen LogP contribution in [-0.4, -0.2) is 37.0 Å². The number of aliphatic hydroxyl groups excluding tert-OH is 1. The first-order valence-electron chi connectivity index (χ1n) is 3.85. The van der Waals surface area contributed by atoms with Crippen molar-refractivity contribution in [3.05, 3.63) is 0 Å². The third-order valence-electron chi connectivity index (χ3n) is 1.96. The Labute approximate surface area is 72.3 Å². The van der Waals surface area contributed by atoms with Crippen LogP contribution in [0.25, 0.3) is 0 Å². The molecular formula is C6H14N2O3S. The number of nitrogens with zero attached hydrogens (tertiary/aromatic N) is 1. The molecule has 0 aromatic carbocycles. The van der Waals surface area contributed by atoms with Crippen molar-refractivity contribution in [1.29, 1.82) is 0 Å². The van der Waals surface area contributed by atoms with Crippen molar-refractivity contribution in [2.75, 3.05) is 13.1 Å². The molecular weight excluding hydrogens is 180 g/mol. The van der Waals surface area contributed by atoms with Crippen molar-refractivity contribution < 1.29 is 13.5 Å². The van der Waals surface area contributed by atoms with Gasteiger partial charge in [0, 0.05) is 13.1 Å². The fourth-order valence-electron chi connectivity index (χ4n) is 1.48. The lowest BCUT2D eigenvalue weighted by Gasteiger charge is -2.31. The van der Waals surface area contributed by atoms with Crippen LogP contribution >= 0.6 is 0 Å². The maximum absolute atomic E-state index is 10.9. The van der Waals surface area contributed by atoms with E-state index in [1.165, 1.54) is 0 Å². The smallest absolute Gasteiger partial charge is 0.276 e. The average Bonchev–Trinajstić information content (AvgIpc) is 1.82. The molecule has 1 aliphatic rings. The van der Waals surface area contributed by atoms with Gasteiger partial charge < -0.3 is 5.11 Å². The maximum atomic E-state index is 10.9. The van der Waals surface area contributed by atoms with E-state index in [9.17, 15) is 13.5 Å². The Morgan fingerprint density at radius 2 is 2.08 bits per heavy atom. The van der Waals surface area contributed by atoms with Crippen LogP contribution in [0.3, 0.4) is 0 Å². The molecule has 1 fully saturated rings. The standard InChI is InChI=1S/C6H14N2O3S/c1-5-2-6(9)4-8(3-5)12(7,10)11/h5-6,9H,2-4H2,1H3,(H2,7,10,11)/t5-,6+/m1/s1. The third-order valence-corrected chi connectivity index (χ3v) is 2.98. The normalized spacial score (nSPS) is 33.6. The van der Waals surface area contributed by atoms with Crippen molar-refractivity contribution in [1.82, 2.24) is 4.31 Å². The zero-order valence-electron chi connectivity index (χ0n) is 6.97. The number of β-amino-alcohol motifs (C(OH)–C–C–N with tert-alkyl or cyclic N) is 1. The van der Waals surface area contributed by atoms with Gasteiger partial charge in [-0.15, -0.1) is 0 Å². The minimum atomic E-state index is -3.62. The Hall–Kier alpha value is -0.170. The lowest BCUT2D eigenvalue weighted by Crippen LogP contribution is -2.48. The van der Waals surface area contributed by atoms with Gasteiger partial charge in [-0.3, -0.25) is 0 Å². The molecule has 1 heterocycles. The molecule has 0 amide bonds. The summed E-state index contributed by atoms with van der Waals surface area (Å²) in [5.41, 5.74) is 0. The number of hydrogen-bond acceptors (Lipinski definition) is 3. The summed E-state index contributed by atoms with van der Waals surface area (Å²) in [5.74, 6) is 0.173. The SMILES string of the molecule is C[C@@H]1C[C@H](O)CN(S(N)(=O)=O)C1.